The molecule has 0 aliphatic carbocycles. The molecule has 2 N–H and O–H groups in total. The minimum atomic E-state index is -1.61. The second kappa shape index (κ2) is 6.31. The second-order valence-corrected chi connectivity index (χ2v) is 6.49. The zero-order valence-electron chi connectivity index (χ0n) is 10.6. The highest BCUT2D eigenvalue weighted by Crippen LogP contribution is 2.26. The van der Waals surface area contributed by atoms with Crippen LogP contribution in [0, 0.1) is 15.9 Å². The van der Waals surface area contributed by atoms with Crippen LogP contribution >= 0.6 is 15.9 Å². The molecule has 0 saturated carbocycles. The van der Waals surface area contributed by atoms with Gasteiger partial charge in [0.05, 0.1) is 26.4 Å². The number of anilines is 1. The van der Waals surface area contributed by atoms with Gasteiger partial charge in [-0.25, -0.2) is 4.39 Å². The molecule has 2 aromatic rings. The number of hydrogen-bond donors (Lipinski definition) is 1. The molecular weight excluding hydrogens is 363 g/mol. The molecule has 8 heteroatoms. The van der Waals surface area contributed by atoms with Crippen molar-refractivity contribution >= 4 is 38.1 Å². The number of nitrogen functional groups attached to an aromatic ring is 1. The lowest BCUT2D eigenvalue weighted by atomic mass is 10.2. The Kier molecular flexibility index (Phi) is 4.69. The lowest BCUT2D eigenvalue weighted by molar-refractivity contribution is -0.384. The van der Waals surface area contributed by atoms with Gasteiger partial charge in [-0.3, -0.25) is 14.3 Å². The van der Waals surface area contributed by atoms with E-state index in [1.807, 2.05) is 0 Å². The molecule has 2 rings (SSSR count). The van der Waals surface area contributed by atoms with Crippen LogP contribution in [0.3, 0.4) is 0 Å². The van der Waals surface area contributed by atoms with E-state index in [1.165, 1.54) is 30.3 Å². The molecule has 0 amide bonds. The number of rotatable bonds is 4. The fraction of sp³-hybridized carbons (Fsp3) is 0.0769. The topological polar surface area (TPSA) is 86.2 Å². The van der Waals surface area contributed by atoms with Crippen LogP contribution in [0.4, 0.5) is 15.8 Å². The Morgan fingerprint density at radius 1 is 1.29 bits per heavy atom. The number of benzene rings is 2. The molecule has 5 nitrogen and oxygen atoms in total. The van der Waals surface area contributed by atoms with Crippen molar-refractivity contribution in [2.75, 3.05) is 5.73 Å². The van der Waals surface area contributed by atoms with Gasteiger partial charge in [-0.2, -0.15) is 0 Å². The van der Waals surface area contributed by atoms with Crippen LogP contribution in [0.1, 0.15) is 5.56 Å². The molecule has 110 valence electrons. The first-order chi connectivity index (χ1) is 9.88. The molecule has 0 fully saturated rings. The van der Waals surface area contributed by atoms with E-state index >= 15 is 0 Å². The summed E-state index contributed by atoms with van der Waals surface area (Å²) >= 11 is 3.19. The van der Waals surface area contributed by atoms with Crippen molar-refractivity contribution in [3.63, 3.8) is 0 Å². The Bertz CT molecular complexity index is 739. The molecule has 0 heterocycles. The van der Waals surface area contributed by atoms with E-state index in [0.717, 1.165) is 6.07 Å². The number of halogens is 2. The van der Waals surface area contributed by atoms with Crippen LogP contribution in [0.15, 0.2) is 45.8 Å². The highest BCUT2D eigenvalue weighted by molar-refractivity contribution is 9.10. The van der Waals surface area contributed by atoms with Gasteiger partial charge in [-0.15, -0.1) is 0 Å². The van der Waals surface area contributed by atoms with Gasteiger partial charge < -0.3 is 5.73 Å². The van der Waals surface area contributed by atoms with E-state index in [4.69, 9.17) is 5.73 Å². The summed E-state index contributed by atoms with van der Waals surface area (Å²) in [5.41, 5.74) is 6.21. The molecule has 1 unspecified atom stereocenters. The standard InChI is InChI=1S/C13H10BrFN2O3S/c14-11-6-10(17(18)19)3-1-8(11)7-21(20)13-4-2-9(16)5-12(13)15/h1-6H,7,16H2. The fourth-order valence-electron chi connectivity index (χ4n) is 1.69. The van der Waals surface area contributed by atoms with Crippen molar-refractivity contribution in [1.29, 1.82) is 0 Å². The first-order valence-electron chi connectivity index (χ1n) is 5.74. The number of nitro benzene ring substituents is 1. The summed E-state index contributed by atoms with van der Waals surface area (Å²) in [7, 11) is -1.61. The molecule has 0 saturated heterocycles. The average Bonchev–Trinajstić information content (AvgIpc) is 2.40. The maximum absolute atomic E-state index is 13.7. The zero-order chi connectivity index (χ0) is 15.6. The maximum Gasteiger partial charge on any atom is 0.270 e. The molecule has 0 bridgehead atoms. The van der Waals surface area contributed by atoms with Crippen molar-refractivity contribution in [3.8, 4) is 0 Å². The minimum Gasteiger partial charge on any atom is -0.399 e. The van der Waals surface area contributed by atoms with Crippen LogP contribution < -0.4 is 5.73 Å². The van der Waals surface area contributed by atoms with Crippen molar-refractivity contribution in [3.05, 3.63) is 62.4 Å². The van der Waals surface area contributed by atoms with Crippen molar-refractivity contribution in [2.24, 2.45) is 0 Å². The summed E-state index contributed by atoms with van der Waals surface area (Å²) in [6.07, 6.45) is 0. The largest absolute Gasteiger partial charge is 0.399 e. The van der Waals surface area contributed by atoms with Gasteiger partial charge in [0.25, 0.3) is 5.69 Å². The van der Waals surface area contributed by atoms with E-state index in [9.17, 15) is 18.7 Å². The summed E-state index contributed by atoms with van der Waals surface area (Å²) in [6, 6.07) is 8.09. The van der Waals surface area contributed by atoms with Crippen LogP contribution in [0.25, 0.3) is 0 Å². The number of nitrogens with zero attached hydrogens (tertiary/aromatic N) is 1. The third-order valence-corrected chi connectivity index (χ3v) is 4.87. The summed E-state index contributed by atoms with van der Waals surface area (Å²) in [5.74, 6) is -0.592. The third-order valence-electron chi connectivity index (χ3n) is 2.74. The molecule has 0 radical (unpaired) electrons. The Morgan fingerprint density at radius 2 is 2.00 bits per heavy atom. The highest BCUT2D eigenvalue weighted by atomic mass is 79.9. The normalized spacial score (nSPS) is 12.1. The van der Waals surface area contributed by atoms with E-state index in [0.29, 0.717) is 10.0 Å². The Balaban J connectivity index is 2.25. The van der Waals surface area contributed by atoms with Crippen LogP contribution in [-0.2, 0) is 16.6 Å². The fourth-order valence-corrected chi connectivity index (χ4v) is 3.57. The first kappa shape index (κ1) is 15.6. The predicted octanol–water partition coefficient (Wildman–Crippen LogP) is 3.39. The molecule has 0 spiro atoms. The summed E-state index contributed by atoms with van der Waals surface area (Å²) in [6.45, 7) is 0. The van der Waals surface area contributed by atoms with Gasteiger partial charge in [-0.05, 0) is 23.8 Å². The number of nitrogens with two attached hydrogens (primary N) is 1. The Labute approximate surface area is 130 Å². The number of hydrogen-bond acceptors (Lipinski definition) is 4. The highest BCUT2D eigenvalue weighted by Gasteiger charge is 2.15. The van der Waals surface area contributed by atoms with Crippen LogP contribution in [0.2, 0.25) is 0 Å². The SMILES string of the molecule is Nc1ccc(S(=O)Cc2ccc([N+](=O)[O-])cc2Br)c(F)c1. The lowest BCUT2D eigenvalue weighted by Crippen LogP contribution is -2.01. The Morgan fingerprint density at radius 3 is 2.57 bits per heavy atom. The van der Waals surface area contributed by atoms with Gasteiger partial charge >= 0.3 is 0 Å². The number of non-ortho nitro benzene ring substituents is 1. The molecule has 0 aliphatic rings. The smallest absolute Gasteiger partial charge is 0.270 e. The monoisotopic (exact) mass is 372 g/mol. The Hall–Kier alpha value is -1.80. The molecule has 0 aliphatic heterocycles. The average molecular weight is 373 g/mol. The van der Waals surface area contributed by atoms with E-state index in [2.05, 4.69) is 15.9 Å². The van der Waals surface area contributed by atoms with E-state index in [1.54, 1.807) is 0 Å². The van der Waals surface area contributed by atoms with Gasteiger partial charge in [0.2, 0.25) is 0 Å². The van der Waals surface area contributed by atoms with Crippen LogP contribution in [-0.4, -0.2) is 9.13 Å². The van der Waals surface area contributed by atoms with E-state index in [-0.39, 0.29) is 22.0 Å². The molecular formula is C13H10BrFN2O3S. The minimum absolute atomic E-state index is 0.0411. The van der Waals surface area contributed by atoms with Crippen molar-refractivity contribution in [1.82, 2.24) is 0 Å². The van der Waals surface area contributed by atoms with Crippen molar-refractivity contribution in [2.45, 2.75) is 10.6 Å². The molecule has 1 atom stereocenters. The third kappa shape index (κ3) is 3.64. The van der Waals surface area contributed by atoms with Crippen molar-refractivity contribution < 1.29 is 13.5 Å². The summed E-state index contributed by atoms with van der Waals surface area (Å²) in [5, 5.41) is 10.6. The summed E-state index contributed by atoms with van der Waals surface area (Å²) < 4.78 is 26.4. The molecule has 2 aromatic carbocycles. The predicted molar refractivity (Wildman–Crippen MR) is 81.7 cm³/mol. The lowest BCUT2D eigenvalue weighted by Gasteiger charge is -2.06. The van der Waals surface area contributed by atoms with E-state index < -0.39 is 21.5 Å². The number of nitro groups is 1. The molecule has 0 aromatic heterocycles. The van der Waals surface area contributed by atoms with Gasteiger partial charge in [0.1, 0.15) is 5.82 Å². The van der Waals surface area contributed by atoms with Gasteiger partial charge in [0.15, 0.2) is 0 Å². The quantitative estimate of drug-likeness (QED) is 0.506. The van der Waals surface area contributed by atoms with Crippen LogP contribution in [0.5, 0.6) is 0 Å². The van der Waals surface area contributed by atoms with Gasteiger partial charge in [0, 0.05) is 22.3 Å². The second-order valence-electron chi connectivity index (χ2n) is 4.21. The first-order valence-corrected chi connectivity index (χ1v) is 7.86. The maximum atomic E-state index is 13.7. The van der Waals surface area contributed by atoms with Gasteiger partial charge in [-0.1, -0.05) is 22.0 Å². The summed E-state index contributed by atoms with van der Waals surface area (Å²) in [4.78, 5) is 10.2. The molecule has 21 heavy (non-hydrogen) atoms. The zero-order valence-corrected chi connectivity index (χ0v) is 13.0.